The maximum Gasteiger partial charge on any atom is 0.270 e. The number of hydrogen-bond donors (Lipinski definition) is 3. The molecule has 1 fully saturated rings. The fourth-order valence-corrected chi connectivity index (χ4v) is 4.51. The highest BCUT2D eigenvalue weighted by molar-refractivity contribution is 7.10. The van der Waals surface area contributed by atoms with Crippen molar-refractivity contribution >= 4 is 34.5 Å². The van der Waals surface area contributed by atoms with Gasteiger partial charge in [-0.25, -0.2) is 4.98 Å². The minimum atomic E-state index is -0.203. The molecule has 1 aliphatic carbocycles. The van der Waals surface area contributed by atoms with Gasteiger partial charge in [0.1, 0.15) is 10.7 Å². The highest BCUT2D eigenvalue weighted by Gasteiger charge is 2.48. The number of benzene rings is 2. The first kappa shape index (κ1) is 20.1. The second-order valence-electron chi connectivity index (χ2n) is 7.87. The number of nitrogens with zero attached hydrogens (tertiary/aromatic N) is 1. The van der Waals surface area contributed by atoms with Crippen molar-refractivity contribution in [2.75, 3.05) is 11.1 Å². The number of amides is 2. The third-order valence-corrected chi connectivity index (χ3v) is 6.27. The third kappa shape index (κ3) is 3.93. The molecule has 1 aromatic heterocycles. The predicted molar refractivity (Wildman–Crippen MR) is 120 cm³/mol. The van der Waals surface area contributed by atoms with Crippen LogP contribution in [0.3, 0.4) is 0 Å². The summed E-state index contributed by atoms with van der Waals surface area (Å²) in [6, 6.07) is 14.9. The summed E-state index contributed by atoms with van der Waals surface area (Å²) in [5.41, 5.74) is 9.02. The van der Waals surface area contributed by atoms with Gasteiger partial charge < -0.3 is 16.4 Å². The van der Waals surface area contributed by atoms with E-state index < -0.39 is 0 Å². The normalized spacial score (nSPS) is 14.4. The van der Waals surface area contributed by atoms with Crippen molar-refractivity contribution in [3.05, 3.63) is 75.7 Å². The van der Waals surface area contributed by atoms with Crippen molar-refractivity contribution in [2.45, 2.75) is 38.1 Å². The topological polar surface area (TPSA) is 97.1 Å². The SMILES string of the molecule is CC(C)NC(=O)c1csc(C2(c3ccc(C(=O)Nc4ccccc4N)cc3)CC2)n1. The molecule has 2 amide bonds. The zero-order valence-corrected chi connectivity index (χ0v) is 17.8. The molecule has 0 aliphatic heterocycles. The van der Waals surface area contributed by atoms with Crippen molar-refractivity contribution in [1.29, 1.82) is 0 Å². The minimum absolute atomic E-state index is 0.0717. The average Bonchev–Trinajstić information content (AvgIpc) is 3.38. The third-order valence-electron chi connectivity index (χ3n) is 5.22. The van der Waals surface area contributed by atoms with Gasteiger partial charge in [-0.15, -0.1) is 11.3 Å². The number of rotatable bonds is 6. The Morgan fingerprint density at radius 3 is 2.40 bits per heavy atom. The van der Waals surface area contributed by atoms with Crippen LogP contribution in [0.4, 0.5) is 11.4 Å². The molecule has 0 atom stereocenters. The van der Waals surface area contributed by atoms with E-state index in [9.17, 15) is 9.59 Å². The number of nitrogen functional groups attached to an aromatic ring is 1. The Labute approximate surface area is 179 Å². The molecule has 4 N–H and O–H groups in total. The fraction of sp³-hybridized carbons (Fsp3) is 0.261. The number of aromatic nitrogens is 1. The lowest BCUT2D eigenvalue weighted by Gasteiger charge is -2.14. The second kappa shape index (κ2) is 7.91. The van der Waals surface area contributed by atoms with E-state index in [1.54, 1.807) is 12.1 Å². The van der Waals surface area contributed by atoms with E-state index in [4.69, 9.17) is 5.73 Å². The summed E-state index contributed by atoms with van der Waals surface area (Å²) < 4.78 is 0. The first-order chi connectivity index (χ1) is 14.4. The lowest BCUT2D eigenvalue weighted by molar-refractivity contribution is 0.0937. The Morgan fingerprint density at radius 2 is 1.77 bits per heavy atom. The molecule has 1 aliphatic rings. The molecule has 6 nitrogen and oxygen atoms in total. The van der Waals surface area contributed by atoms with Gasteiger partial charge in [0.15, 0.2) is 0 Å². The lowest BCUT2D eigenvalue weighted by Crippen LogP contribution is -2.30. The highest BCUT2D eigenvalue weighted by atomic mass is 32.1. The van der Waals surface area contributed by atoms with Crippen LogP contribution in [0, 0.1) is 0 Å². The van der Waals surface area contributed by atoms with Crippen LogP contribution in [0.1, 0.15) is 58.1 Å². The van der Waals surface area contributed by atoms with Gasteiger partial charge in [0, 0.05) is 22.4 Å². The number of anilines is 2. The summed E-state index contributed by atoms with van der Waals surface area (Å²) in [7, 11) is 0. The summed E-state index contributed by atoms with van der Waals surface area (Å²) >= 11 is 1.52. The second-order valence-corrected chi connectivity index (χ2v) is 8.72. The smallest absolute Gasteiger partial charge is 0.270 e. The summed E-state index contributed by atoms with van der Waals surface area (Å²) in [6.45, 7) is 3.86. The average molecular weight is 421 g/mol. The number of nitrogens with two attached hydrogens (primary N) is 1. The molecule has 2 aromatic carbocycles. The first-order valence-corrected chi connectivity index (χ1v) is 10.8. The van der Waals surface area contributed by atoms with E-state index in [2.05, 4.69) is 15.6 Å². The van der Waals surface area contributed by atoms with Gasteiger partial charge in [0.2, 0.25) is 0 Å². The quantitative estimate of drug-likeness (QED) is 0.521. The van der Waals surface area contributed by atoms with Gasteiger partial charge in [-0.2, -0.15) is 0 Å². The van der Waals surface area contributed by atoms with Crippen LogP contribution in [0.15, 0.2) is 53.9 Å². The molecule has 1 saturated carbocycles. The van der Waals surface area contributed by atoms with Crippen LogP contribution >= 0.6 is 11.3 Å². The van der Waals surface area contributed by atoms with Crippen LogP contribution in [-0.4, -0.2) is 22.8 Å². The Hall–Kier alpha value is -3.19. The molecule has 0 bridgehead atoms. The van der Waals surface area contributed by atoms with Gasteiger partial charge in [-0.1, -0.05) is 24.3 Å². The fourth-order valence-electron chi connectivity index (χ4n) is 3.43. The molecule has 0 spiro atoms. The molecule has 0 radical (unpaired) electrons. The Balaban J connectivity index is 1.50. The van der Waals surface area contributed by atoms with Gasteiger partial charge in [0.25, 0.3) is 11.8 Å². The molecule has 154 valence electrons. The minimum Gasteiger partial charge on any atom is -0.397 e. The molecule has 30 heavy (non-hydrogen) atoms. The Bertz CT molecular complexity index is 1080. The maximum atomic E-state index is 12.6. The molecule has 0 unspecified atom stereocenters. The Morgan fingerprint density at radius 1 is 1.07 bits per heavy atom. The molecule has 3 aromatic rings. The van der Waals surface area contributed by atoms with Gasteiger partial charge in [-0.05, 0) is 56.5 Å². The monoisotopic (exact) mass is 420 g/mol. The van der Waals surface area contributed by atoms with E-state index in [0.717, 1.165) is 23.4 Å². The summed E-state index contributed by atoms with van der Waals surface area (Å²) in [5.74, 6) is -0.346. The summed E-state index contributed by atoms with van der Waals surface area (Å²) in [6.07, 6.45) is 1.97. The van der Waals surface area contributed by atoms with Crippen LogP contribution in [-0.2, 0) is 5.41 Å². The van der Waals surface area contributed by atoms with Crippen LogP contribution < -0.4 is 16.4 Å². The van der Waals surface area contributed by atoms with E-state index >= 15 is 0 Å². The summed E-state index contributed by atoms with van der Waals surface area (Å²) in [4.78, 5) is 29.4. The Kier molecular flexibility index (Phi) is 5.30. The van der Waals surface area contributed by atoms with Gasteiger partial charge >= 0.3 is 0 Å². The van der Waals surface area contributed by atoms with Crippen LogP contribution in [0.5, 0.6) is 0 Å². The van der Waals surface area contributed by atoms with Crippen molar-refractivity contribution in [1.82, 2.24) is 10.3 Å². The van der Waals surface area contributed by atoms with Gasteiger partial charge in [0.05, 0.1) is 11.4 Å². The van der Waals surface area contributed by atoms with Gasteiger partial charge in [-0.3, -0.25) is 9.59 Å². The maximum absolute atomic E-state index is 12.6. The van der Waals surface area contributed by atoms with Crippen molar-refractivity contribution in [2.24, 2.45) is 0 Å². The number of carbonyl (C=O) groups is 2. The number of thiazole rings is 1. The number of para-hydroxylation sites is 2. The van der Waals surface area contributed by atoms with E-state index in [1.807, 2.05) is 55.6 Å². The van der Waals surface area contributed by atoms with Crippen molar-refractivity contribution in [3.8, 4) is 0 Å². The zero-order valence-electron chi connectivity index (χ0n) is 16.9. The molecule has 1 heterocycles. The molecule has 4 rings (SSSR count). The molecule has 7 heteroatoms. The number of hydrogen-bond acceptors (Lipinski definition) is 5. The molecular weight excluding hydrogens is 396 g/mol. The standard InChI is InChI=1S/C23H24N4O2S/c1-14(2)25-21(29)19-13-30-22(27-19)23(11-12-23)16-9-7-15(8-10-16)20(28)26-18-6-4-3-5-17(18)24/h3-10,13-14H,11-12,24H2,1-2H3,(H,25,29)(H,26,28). The number of nitrogens with one attached hydrogen (secondary N) is 2. The van der Waals surface area contributed by atoms with Crippen LogP contribution in [0.2, 0.25) is 0 Å². The van der Waals surface area contributed by atoms with Crippen molar-refractivity contribution in [3.63, 3.8) is 0 Å². The first-order valence-electron chi connectivity index (χ1n) is 9.92. The van der Waals surface area contributed by atoms with Crippen molar-refractivity contribution < 1.29 is 9.59 Å². The van der Waals surface area contributed by atoms with Crippen LogP contribution in [0.25, 0.3) is 0 Å². The van der Waals surface area contributed by atoms with E-state index in [1.165, 1.54) is 11.3 Å². The van der Waals surface area contributed by atoms with E-state index in [0.29, 0.717) is 22.6 Å². The number of carbonyl (C=O) groups excluding carboxylic acids is 2. The molecule has 0 saturated heterocycles. The summed E-state index contributed by atoms with van der Waals surface area (Å²) in [5, 5.41) is 8.49. The molecular formula is C23H24N4O2S. The largest absolute Gasteiger partial charge is 0.397 e. The lowest BCUT2D eigenvalue weighted by atomic mass is 9.95. The predicted octanol–water partition coefficient (Wildman–Crippen LogP) is 4.20. The zero-order chi connectivity index (χ0) is 21.3. The van der Waals surface area contributed by atoms with E-state index in [-0.39, 0.29) is 23.3 Å². The highest BCUT2D eigenvalue weighted by Crippen LogP contribution is 2.54.